The Morgan fingerprint density at radius 1 is 0.974 bits per heavy atom. The van der Waals surface area contributed by atoms with Gasteiger partial charge < -0.3 is 19.3 Å². The lowest BCUT2D eigenvalue weighted by molar-refractivity contribution is -0.132. The van der Waals surface area contributed by atoms with Crippen LogP contribution in [-0.2, 0) is 16.0 Å². The molecule has 1 amide bonds. The fourth-order valence-electron chi connectivity index (χ4n) is 4.64. The number of hydrogen-bond acceptors (Lipinski definition) is 8. The fraction of sp³-hybridized carbons (Fsp3) is 0.207. The first-order valence-electron chi connectivity index (χ1n) is 12.0. The van der Waals surface area contributed by atoms with Gasteiger partial charge in [0.25, 0.3) is 5.78 Å². The molecule has 0 bridgehead atoms. The molecule has 1 aromatic heterocycles. The summed E-state index contributed by atoms with van der Waals surface area (Å²) in [6, 6.07) is 16.9. The fourth-order valence-corrected chi connectivity index (χ4v) is 5.69. The zero-order chi connectivity index (χ0) is 27.0. The van der Waals surface area contributed by atoms with E-state index in [9.17, 15) is 14.7 Å². The van der Waals surface area contributed by atoms with E-state index in [-0.39, 0.29) is 11.3 Å². The molecule has 1 saturated heterocycles. The Bertz CT molecular complexity index is 1550. The van der Waals surface area contributed by atoms with Gasteiger partial charge in [0.15, 0.2) is 16.6 Å². The van der Waals surface area contributed by atoms with Crippen LogP contribution in [0.25, 0.3) is 16.0 Å². The summed E-state index contributed by atoms with van der Waals surface area (Å²) in [5.41, 5.74) is 2.71. The summed E-state index contributed by atoms with van der Waals surface area (Å²) in [7, 11) is 4.47. The van der Waals surface area contributed by atoms with Crippen LogP contribution in [0.15, 0.2) is 66.2 Å². The van der Waals surface area contributed by atoms with Crippen LogP contribution in [0.2, 0.25) is 0 Å². The number of aliphatic hydroxyl groups is 1. The van der Waals surface area contributed by atoms with Gasteiger partial charge in [0.1, 0.15) is 5.76 Å². The summed E-state index contributed by atoms with van der Waals surface area (Å²) in [6.07, 6.45) is 0.857. The minimum atomic E-state index is -0.991. The van der Waals surface area contributed by atoms with Gasteiger partial charge in [-0.3, -0.25) is 14.5 Å². The first-order valence-corrected chi connectivity index (χ1v) is 12.8. The van der Waals surface area contributed by atoms with Gasteiger partial charge >= 0.3 is 5.91 Å². The normalized spacial score (nSPS) is 16.7. The van der Waals surface area contributed by atoms with E-state index in [0.29, 0.717) is 33.5 Å². The number of aryl methyl sites for hydroxylation is 1. The van der Waals surface area contributed by atoms with Gasteiger partial charge in [0.2, 0.25) is 5.75 Å². The molecule has 1 atom stereocenters. The minimum Gasteiger partial charge on any atom is -0.507 e. The molecule has 8 nitrogen and oxygen atoms in total. The highest BCUT2D eigenvalue weighted by atomic mass is 32.1. The van der Waals surface area contributed by atoms with Gasteiger partial charge in [-0.15, -0.1) is 0 Å². The van der Waals surface area contributed by atoms with Gasteiger partial charge in [-0.2, -0.15) is 0 Å². The number of Topliss-reactive ketones (excluding diaryl/α,β-unsaturated/α-hetero) is 1. The number of aromatic nitrogens is 1. The van der Waals surface area contributed by atoms with Gasteiger partial charge in [0, 0.05) is 5.56 Å². The molecule has 0 saturated carbocycles. The van der Waals surface area contributed by atoms with Crippen molar-refractivity contribution in [1.82, 2.24) is 4.98 Å². The van der Waals surface area contributed by atoms with E-state index in [4.69, 9.17) is 19.2 Å². The lowest BCUT2D eigenvalue weighted by Crippen LogP contribution is -2.29. The Balaban J connectivity index is 1.77. The van der Waals surface area contributed by atoms with Crippen molar-refractivity contribution in [2.75, 3.05) is 26.2 Å². The molecule has 1 N–H and O–H groups in total. The number of carbonyl (C=O) groups is 2. The first kappa shape index (κ1) is 25.3. The van der Waals surface area contributed by atoms with Gasteiger partial charge in [-0.25, -0.2) is 4.98 Å². The van der Waals surface area contributed by atoms with E-state index in [2.05, 4.69) is 6.92 Å². The van der Waals surface area contributed by atoms with Gasteiger partial charge in [-0.05, 0) is 41.8 Å². The molecule has 0 spiro atoms. The van der Waals surface area contributed by atoms with Crippen molar-refractivity contribution < 1.29 is 28.9 Å². The number of anilines is 1. The average molecular weight is 531 g/mol. The number of nitrogens with zero attached hydrogens (tertiary/aromatic N) is 2. The summed E-state index contributed by atoms with van der Waals surface area (Å²) in [6.45, 7) is 2.07. The number of fused-ring (bicyclic) bond motifs is 1. The maximum atomic E-state index is 13.6. The summed E-state index contributed by atoms with van der Waals surface area (Å²) < 4.78 is 17.4. The molecule has 2 heterocycles. The molecular weight excluding hydrogens is 504 g/mol. The molecule has 1 fully saturated rings. The number of hydrogen-bond donors (Lipinski definition) is 1. The van der Waals surface area contributed by atoms with Crippen LogP contribution in [-0.4, -0.2) is 43.1 Å². The Kier molecular flexibility index (Phi) is 6.77. The zero-order valence-corrected chi connectivity index (χ0v) is 22.2. The molecular formula is C29H26N2O6S. The average Bonchev–Trinajstić information content (AvgIpc) is 3.49. The van der Waals surface area contributed by atoms with Crippen molar-refractivity contribution in [3.05, 3.63) is 82.9 Å². The Labute approximate surface area is 223 Å². The van der Waals surface area contributed by atoms with Crippen LogP contribution in [0, 0.1) is 0 Å². The zero-order valence-electron chi connectivity index (χ0n) is 21.3. The van der Waals surface area contributed by atoms with Crippen LogP contribution in [0.4, 0.5) is 5.13 Å². The van der Waals surface area contributed by atoms with Crippen LogP contribution >= 0.6 is 11.3 Å². The van der Waals surface area contributed by atoms with E-state index < -0.39 is 17.7 Å². The minimum absolute atomic E-state index is 0.0519. The standard InChI is InChI=1S/C29H26N2O6S/c1-5-16-11-12-19-22(13-16)38-29(30-19)31-24(18-14-20(35-2)27(37-4)21(15-18)36-3)23(26(33)28(31)34)25(32)17-9-7-6-8-10-17/h6-15,24,32H,5H2,1-4H3/t24-/m1/s1. The molecule has 1 aliphatic rings. The smallest absolute Gasteiger partial charge is 0.301 e. The SMILES string of the molecule is CCc1ccc2nc(N3C(=O)C(=O)C(=C(O)c4ccccc4)[C@H]3c3cc(OC)c(OC)c(OC)c3)sc2c1. The van der Waals surface area contributed by atoms with Crippen molar-refractivity contribution in [3.63, 3.8) is 0 Å². The maximum Gasteiger partial charge on any atom is 0.301 e. The quantitative estimate of drug-likeness (QED) is 0.191. The summed E-state index contributed by atoms with van der Waals surface area (Å²) in [4.78, 5) is 33.1. The summed E-state index contributed by atoms with van der Waals surface area (Å²) >= 11 is 1.32. The van der Waals surface area contributed by atoms with Crippen molar-refractivity contribution in [2.45, 2.75) is 19.4 Å². The Morgan fingerprint density at radius 3 is 2.26 bits per heavy atom. The Hall–Kier alpha value is -4.37. The predicted molar refractivity (Wildman–Crippen MR) is 146 cm³/mol. The molecule has 4 aromatic rings. The van der Waals surface area contributed by atoms with Crippen LogP contribution in [0.1, 0.15) is 29.7 Å². The number of ether oxygens (including phenoxy) is 3. The Morgan fingerprint density at radius 2 is 1.66 bits per heavy atom. The van der Waals surface area contributed by atoms with E-state index in [0.717, 1.165) is 22.2 Å². The van der Waals surface area contributed by atoms with E-state index in [1.165, 1.54) is 37.6 Å². The van der Waals surface area contributed by atoms with E-state index >= 15 is 0 Å². The first-order chi connectivity index (χ1) is 18.4. The number of ketones is 1. The molecule has 38 heavy (non-hydrogen) atoms. The highest BCUT2D eigenvalue weighted by Gasteiger charge is 2.48. The highest BCUT2D eigenvalue weighted by molar-refractivity contribution is 7.22. The second-order valence-electron chi connectivity index (χ2n) is 8.65. The maximum absolute atomic E-state index is 13.6. The van der Waals surface area contributed by atoms with E-state index in [1.807, 2.05) is 18.2 Å². The van der Waals surface area contributed by atoms with Crippen LogP contribution in [0.5, 0.6) is 17.2 Å². The second-order valence-corrected chi connectivity index (χ2v) is 9.65. The number of benzene rings is 3. The number of amides is 1. The molecule has 194 valence electrons. The molecule has 1 aliphatic heterocycles. The van der Waals surface area contributed by atoms with Crippen molar-refractivity contribution >= 4 is 44.1 Å². The number of aliphatic hydroxyl groups excluding tert-OH is 1. The largest absolute Gasteiger partial charge is 0.507 e. The highest BCUT2D eigenvalue weighted by Crippen LogP contribution is 2.48. The number of thiazole rings is 1. The van der Waals surface area contributed by atoms with Gasteiger partial charge in [-0.1, -0.05) is 54.7 Å². The lowest BCUT2D eigenvalue weighted by atomic mass is 9.95. The van der Waals surface area contributed by atoms with Crippen molar-refractivity contribution in [1.29, 1.82) is 0 Å². The number of methoxy groups -OCH3 is 3. The third kappa shape index (κ3) is 4.14. The topological polar surface area (TPSA) is 98.2 Å². The summed E-state index contributed by atoms with van der Waals surface area (Å²) in [5.74, 6) is -0.798. The van der Waals surface area contributed by atoms with Crippen LogP contribution < -0.4 is 19.1 Å². The predicted octanol–water partition coefficient (Wildman–Crippen LogP) is 5.51. The lowest BCUT2D eigenvalue weighted by Gasteiger charge is -2.24. The molecule has 0 radical (unpaired) electrons. The number of carbonyl (C=O) groups excluding carboxylic acids is 2. The molecule has 0 unspecified atom stereocenters. The summed E-state index contributed by atoms with van der Waals surface area (Å²) in [5, 5.41) is 11.7. The molecule has 0 aliphatic carbocycles. The van der Waals surface area contributed by atoms with Crippen molar-refractivity contribution in [2.24, 2.45) is 0 Å². The third-order valence-corrected chi connectivity index (χ3v) is 7.57. The van der Waals surface area contributed by atoms with Crippen LogP contribution in [0.3, 0.4) is 0 Å². The van der Waals surface area contributed by atoms with Crippen molar-refractivity contribution in [3.8, 4) is 17.2 Å². The van der Waals surface area contributed by atoms with E-state index in [1.54, 1.807) is 42.5 Å². The number of rotatable bonds is 7. The molecule has 5 rings (SSSR count). The second kappa shape index (κ2) is 10.2. The monoisotopic (exact) mass is 530 g/mol. The molecule has 9 heteroatoms. The molecule has 3 aromatic carbocycles. The van der Waals surface area contributed by atoms with Gasteiger partial charge in [0.05, 0.1) is 43.2 Å². The third-order valence-electron chi connectivity index (χ3n) is 6.55.